The zero-order valence-electron chi connectivity index (χ0n) is 7.32. The Labute approximate surface area is 76.4 Å². The predicted molar refractivity (Wildman–Crippen MR) is 50.3 cm³/mol. The summed E-state index contributed by atoms with van der Waals surface area (Å²) in [5.41, 5.74) is 1.03. The van der Waals surface area contributed by atoms with Crippen molar-refractivity contribution < 1.29 is 4.39 Å². The molecule has 1 aromatic heterocycles. The van der Waals surface area contributed by atoms with E-state index < -0.39 is 0 Å². The molecule has 0 N–H and O–H groups in total. The molecule has 0 fully saturated rings. The molecular formula is C10H13FS. The Balaban J connectivity index is 2.44. The van der Waals surface area contributed by atoms with E-state index in [4.69, 9.17) is 0 Å². The number of halogens is 1. The van der Waals surface area contributed by atoms with Gasteiger partial charge in [-0.2, -0.15) is 0 Å². The van der Waals surface area contributed by atoms with E-state index >= 15 is 0 Å². The van der Waals surface area contributed by atoms with E-state index in [2.05, 4.69) is 0 Å². The predicted octanol–water partition coefficient (Wildman–Crippen LogP) is 3.33. The van der Waals surface area contributed by atoms with Crippen LogP contribution in [-0.4, -0.2) is 0 Å². The molecule has 1 aliphatic carbocycles. The van der Waals surface area contributed by atoms with Crippen LogP contribution < -0.4 is 0 Å². The lowest BCUT2D eigenvalue weighted by atomic mass is 9.98. The van der Waals surface area contributed by atoms with Gasteiger partial charge in [0.15, 0.2) is 0 Å². The Bertz CT molecular complexity index is 288. The summed E-state index contributed by atoms with van der Waals surface area (Å²) in [4.78, 5) is 2.28. The largest absolute Gasteiger partial charge is 0.205 e. The van der Waals surface area contributed by atoms with Crippen LogP contribution in [0.15, 0.2) is 0 Å². The van der Waals surface area contributed by atoms with Gasteiger partial charge in [0, 0.05) is 15.3 Å². The first-order valence-electron chi connectivity index (χ1n) is 4.61. The minimum Gasteiger partial charge on any atom is -0.205 e. The third-order valence-corrected chi connectivity index (χ3v) is 3.91. The van der Waals surface area contributed by atoms with Gasteiger partial charge in [0.2, 0.25) is 0 Å². The number of fused-ring (bicyclic) bond motifs is 1. The van der Waals surface area contributed by atoms with Crippen LogP contribution in [0, 0.1) is 5.82 Å². The van der Waals surface area contributed by atoms with Gasteiger partial charge < -0.3 is 0 Å². The average Bonchev–Trinajstić information content (AvgIpc) is 2.44. The van der Waals surface area contributed by atoms with Gasteiger partial charge >= 0.3 is 0 Å². The van der Waals surface area contributed by atoms with Crippen molar-refractivity contribution in [1.29, 1.82) is 0 Å². The molecule has 2 heteroatoms. The Morgan fingerprint density at radius 3 is 2.75 bits per heavy atom. The summed E-state index contributed by atoms with van der Waals surface area (Å²) >= 11 is 1.69. The lowest BCUT2D eigenvalue weighted by Crippen LogP contribution is -1.99. The van der Waals surface area contributed by atoms with Gasteiger partial charge in [-0.15, -0.1) is 11.3 Å². The summed E-state index contributed by atoms with van der Waals surface area (Å²) in [6.45, 7) is 2.03. The number of rotatable bonds is 1. The highest BCUT2D eigenvalue weighted by Gasteiger charge is 2.19. The fourth-order valence-corrected chi connectivity index (χ4v) is 3.03. The Hall–Kier alpha value is -0.370. The van der Waals surface area contributed by atoms with Crippen molar-refractivity contribution in [2.75, 3.05) is 0 Å². The van der Waals surface area contributed by atoms with Gasteiger partial charge in [-0.05, 0) is 32.1 Å². The minimum absolute atomic E-state index is 0.109. The van der Waals surface area contributed by atoms with Crippen LogP contribution in [0.25, 0.3) is 0 Å². The van der Waals surface area contributed by atoms with Crippen molar-refractivity contribution in [2.24, 2.45) is 0 Å². The van der Waals surface area contributed by atoms with Crippen molar-refractivity contribution in [2.45, 2.75) is 39.0 Å². The number of thiophene rings is 1. The van der Waals surface area contributed by atoms with E-state index in [1.807, 2.05) is 6.92 Å². The van der Waals surface area contributed by atoms with Gasteiger partial charge in [0.25, 0.3) is 0 Å². The highest BCUT2D eigenvalue weighted by Crippen LogP contribution is 2.33. The fourth-order valence-electron chi connectivity index (χ4n) is 1.81. The monoisotopic (exact) mass is 184 g/mol. The van der Waals surface area contributed by atoms with Crippen molar-refractivity contribution in [3.8, 4) is 0 Å². The molecule has 0 saturated carbocycles. The SMILES string of the molecule is CCc1sc2c(c1F)CCCC2. The topological polar surface area (TPSA) is 0 Å². The highest BCUT2D eigenvalue weighted by atomic mass is 32.1. The van der Waals surface area contributed by atoms with E-state index in [1.165, 1.54) is 17.7 Å². The first kappa shape index (κ1) is 8.24. The number of aryl methyl sites for hydroxylation is 2. The normalized spacial score (nSPS) is 16.2. The van der Waals surface area contributed by atoms with Crippen LogP contribution in [0.3, 0.4) is 0 Å². The van der Waals surface area contributed by atoms with Gasteiger partial charge in [0.05, 0.1) is 0 Å². The standard InChI is InChI=1S/C10H13FS/c1-2-8-10(11)7-5-3-4-6-9(7)12-8/h2-6H2,1H3. The summed E-state index contributed by atoms with van der Waals surface area (Å²) < 4.78 is 13.5. The second kappa shape index (κ2) is 3.17. The van der Waals surface area contributed by atoms with E-state index in [0.717, 1.165) is 29.7 Å². The molecule has 0 radical (unpaired) electrons. The molecule has 0 saturated heterocycles. The van der Waals surface area contributed by atoms with E-state index in [-0.39, 0.29) is 5.82 Å². The molecular weight excluding hydrogens is 171 g/mol. The van der Waals surface area contributed by atoms with Gasteiger partial charge in [-0.25, -0.2) is 4.39 Å². The first-order valence-corrected chi connectivity index (χ1v) is 5.43. The second-order valence-electron chi connectivity index (χ2n) is 3.30. The molecule has 2 rings (SSSR count). The molecule has 0 unspecified atom stereocenters. The third-order valence-electron chi connectivity index (χ3n) is 2.49. The molecule has 66 valence electrons. The zero-order chi connectivity index (χ0) is 8.55. The Morgan fingerprint density at radius 1 is 1.33 bits per heavy atom. The molecule has 0 spiro atoms. The molecule has 1 heterocycles. The quantitative estimate of drug-likeness (QED) is 0.628. The molecule has 0 atom stereocenters. The van der Waals surface area contributed by atoms with Crippen LogP contribution in [-0.2, 0) is 19.3 Å². The lowest BCUT2D eigenvalue weighted by molar-refractivity contribution is 0.581. The Morgan fingerprint density at radius 2 is 2.08 bits per heavy atom. The zero-order valence-corrected chi connectivity index (χ0v) is 8.14. The van der Waals surface area contributed by atoms with E-state index in [9.17, 15) is 4.39 Å². The summed E-state index contributed by atoms with van der Waals surface area (Å²) in [6, 6.07) is 0. The molecule has 0 amide bonds. The average molecular weight is 184 g/mol. The molecule has 1 aliphatic rings. The molecule has 0 bridgehead atoms. The summed E-state index contributed by atoms with van der Waals surface area (Å²) in [5.74, 6) is 0.109. The molecule has 0 aliphatic heterocycles. The van der Waals surface area contributed by atoms with Crippen LogP contribution in [0.1, 0.15) is 35.1 Å². The van der Waals surface area contributed by atoms with Crippen LogP contribution in [0.2, 0.25) is 0 Å². The molecule has 1 aromatic rings. The van der Waals surface area contributed by atoms with Crippen molar-refractivity contribution in [3.63, 3.8) is 0 Å². The Kier molecular flexibility index (Phi) is 2.18. The molecule has 12 heavy (non-hydrogen) atoms. The molecule has 0 aromatic carbocycles. The van der Waals surface area contributed by atoms with Crippen molar-refractivity contribution >= 4 is 11.3 Å². The van der Waals surface area contributed by atoms with Gasteiger partial charge in [-0.3, -0.25) is 0 Å². The van der Waals surface area contributed by atoms with E-state index in [0.29, 0.717) is 0 Å². The fraction of sp³-hybridized carbons (Fsp3) is 0.600. The summed E-state index contributed by atoms with van der Waals surface area (Å²) in [5, 5.41) is 0. The van der Waals surface area contributed by atoms with Crippen molar-refractivity contribution in [1.82, 2.24) is 0 Å². The minimum atomic E-state index is 0.109. The third kappa shape index (κ3) is 1.18. The lowest BCUT2D eigenvalue weighted by Gasteiger charge is -2.09. The number of hydrogen-bond acceptors (Lipinski definition) is 1. The maximum atomic E-state index is 13.5. The van der Waals surface area contributed by atoms with E-state index in [1.54, 1.807) is 11.3 Å². The van der Waals surface area contributed by atoms with Crippen LogP contribution >= 0.6 is 11.3 Å². The van der Waals surface area contributed by atoms with Gasteiger partial charge in [-0.1, -0.05) is 6.92 Å². The van der Waals surface area contributed by atoms with Gasteiger partial charge in [0.1, 0.15) is 5.82 Å². The van der Waals surface area contributed by atoms with Crippen LogP contribution in [0.5, 0.6) is 0 Å². The maximum Gasteiger partial charge on any atom is 0.140 e. The number of hydrogen-bond donors (Lipinski definition) is 0. The summed E-state index contributed by atoms with van der Waals surface area (Å²) in [6.07, 6.45) is 5.35. The highest BCUT2D eigenvalue weighted by molar-refractivity contribution is 7.12. The van der Waals surface area contributed by atoms with Crippen molar-refractivity contribution in [3.05, 3.63) is 21.1 Å². The molecule has 0 nitrogen and oxygen atoms in total. The summed E-state index contributed by atoms with van der Waals surface area (Å²) in [7, 11) is 0. The maximum absolute atomic E-state index is 13.5. The first-order chi connectivity index (χ1) is 5.83. The second-order valence-corrected chi connectivity index (χ2v) is 4.49. The van der Waals surface area contributed by atoms with Crippen LogP contribution in [0.4, 0.5) is 4.39 Å². The smallest absolute Gasteiger partial charge is 0.140 e.